The summed E-state index contributed by atoms with van der Waals surface area (Å²) in [5, 5.41) is 26.4. The van der Waals surface area contributed by atoms with Crippen LogP contribution in [0.5, 0.6) is 0 Å². The fourth-order valence-electron chi connectivity index (χ4n) is 12.0. The van der Waals surface area contributed by atoms with Crippen LogP contribution in [0.3, 0.4) is 0 Å². The summed E-state index contributed by atoms with van der Waals surface area (Å²) in [7, 11) is 0. The van der Waals surface area contributed by atoms with Crippen LogP contribution in [-0.4, -0.2) is 107 Å². The first-order chi connectivity index (χ1) is 29.3. The lowest BCUT2D eigenvalue weighted by atomic mass is 9.75. The van der Waals surface area contributed by atoms with E-state index in [1.165, 1.54) is 0 Å². The average Bonchev–Trinajstić information content (AvgIpc) is 4.07. The lowest BCUT2D eigenvalue weighted by Gasteiger charge is -2.62. The number of nitrogens with zero attached hydrogens (tertiary/aromatic N) is 3. The predicted octanol–water partition coefficient (Wildman–Crippen LogP) is 2.06. The molecule has 17 heteroatoms. The molecule has 8 heterocycles. The van der Waals surface area contributed by atoms with Gasteiger partial charge in [0.25, 0.3) is 11.8 Å². The largest absolute Gasteiger partial charge is 0.465 e. The molecule has 0 aromatic heterocycles. The molecular weight excluding hydrogens is 787 g/mol. The number of carboxylic acid groups (broad SMARTS) is 2. The van der Waals surface area contributed by atoms with Crippen LogP contribution in [-0.2, 0) is 52.6 Å². The number of hydrogen-bond donors (Lipinski definition) is 6. The van der Waals surface area contributed by atoms with Crippen LogP contribution in [0.2, 0.25) is 0 Å². The molecule has 17 nitrogen and oxygen atoms in total. The average molecular weight is 836 g/mol. The van der Waals surface area contributed by atoms with Gasteiger partial charge < -0.3 is 56.5 Å². The number of fused-ring (bicyclic) bond motifs is 6. The number of hydrogen-bond acceptors (Lipinski definition) is 9. The van der Waals surface area contributed by atoms with Crippen LogP contribution in [0.4, 0.5) is 15.3 Å². The number of para-hydroxylation sites is 1. The van der Waals surface area contributed by atoms with Crippen molar-refractivity contribution in [1.29, 1.82) is 0 Å². The highest BCUT2D eigenvalue weighted by Crippen LogP contribution is 2.56. The number of benzene rings is 3. The topological polar surface area (TPSA) is 247 Å². The number of rotatable bonds is 9. The molecule has 0 spiro atoms. The fourth-order valence-corrected chi connectivity index (χ4v) is 12.0. The van der Waals surface area contributed by atoms with Crippen LogP contribution >= 0.6 is 0 Å². The number of amides is 6. The van der Waals surface area contributed by atoms with E-state index >= 15 is 9.59 Å². The Labute approximate surface area is 351 Å². The van der Waals surface area contributed by atoms with Crippen LogP contribution in [0, 0.1) is 23.7 Å². The number of nitrogens with two attached hydrogens (primary N) is 2. The molecule has 8 aliphatic rings. The van der Waals surface area contributed by atoms with Crippen molar-refractivity contribution in [3.8, 4) is 0 Å². The van der Waals surface area contributed by atoms with Gasteiger partial charge in [0, 0.05) is 56.7 Å². The minimum Gasteiger partial charge on any atom is -0.465 e. The Bertz CT molecular complexity index is 2130. The van der Waals surface area contributed by atoms with Crippen LogP contribution in [0.25, 0.3) is 0 Å². The highest BCUT2D eigenvalue weighted by molar-refractivity contribution is 5.97. The zero-order chi connectivity index (χ0) is 42.9. The van der Waals surface area contributed by atoms with E-state index in [1.807, 2.05) is 4.90 Å². The molecule has 8 atom stereocenters. The molecule has 3 aromatic carbocycles. The summed E-state index contributed by atoms with van der Waals surface area (Å²) < 4.78 is 11.6. The Morgan fingerprint density at radius 1 is 0.623 bits per heavy atom. The third-order valence-corrected chi connectivity index (χ3v) is 14.4. The molecule has 8 N–H and O–H groups in total. The quantitative estimate of drug-likeness (QED) is 0.182. The molecule has 61 heavy (non-hydrogen) atoms. The molecule has 4 saturated heterocycles. The van der Waals surface area contributed by atoms with Crippen LogP contribution < -0.4 is 27.0 Å². The summed E-state index contributed by atoms with van der Waals surface area (Å²) in [4.78, 5) is 91.9. The molecule has 320 valence electrons. The van der Waals surface area contributed by atoms with Crippen molar-refractivity contribution in [2.45, 2.75) is 60.9 Å². The summed E-state index contributed by atoms with van der Waals surface area (Å²) >= 11 is 0. The van der Waals surface area contributed by atoms with Gasteiger partial charge >= 0.3 is 12.2 Å². The zero-order valence-corrected chi connectivity index (χ0v) is 33.5. The smallest absolute Gasteiger partial charge is 0.405 e. The molecule has 8 aliphatic heterocycles. The van der Waals surface area contributed by atoms with Gasteiger partial charge in [-0.15, -0.1) is 0 Å². The van der Waals surface area contributed by atoms with Crippen molar-refractivity contribution in [3.05, 3.63) is 101 Å². The number of ether oxygens (including phenoxy) is 2. The van der Waals surface area contributed by atoms with E-state index in [2.05, 4.69) is 10.6 Å². The Hall–Kier alpha value is -6.20. The molecule has 0 saturated carbocycles. The highest BCUT2D eigenvalue weighted by atomic mass is 16.5. The van der Waals surface area contributed by atoms with E-state index in [-0.39, 0.29) is 65.2 Å². The van der Waals surface area contributed by atoms with Crippen molar-refractivity contribution in [1.82, 2.24) is 20.4 Å². The second-order valence-corrected chi connectivity index (χ2v) is 17.2. The summed E-state index contributed by atoms with van der Waals surface area (Å²) in [5.41, 5.74) is 7.95. The van der Waals surface area contributed by atoms with Gasteiger partial charge in [0.05, 0.1) is 25.0 Å². The van der Waals surface area contributed by atoms with E-state index in [1.54, 1.807) is 88.7 Å². The molecule has 11 rings (SSSR count). The Morgan fingerprint density at radius 2 is 1.03 bits per heavy atom. The van der Waals surface area contributed by atoms with Crippen LogP contribution in [0.15, 0.2) is 78.9 Å². The second kappa shape index (κ2) is 14.8. The lowest BCUT2D eigenvalue weighted by Crippen LogP contribution is -2.80. The van der Waals surface area contributed by atoms with Gasteiger partial charge in [0.1, 0.15) is 11.3 Å². The van der Waals surface area contributed by atoms with Gasteiger partial charge in [-0.2, -0.15) is 0 Å². The third kappa shape index (κ3) is 5.80. The molecule has 3 aromatic rings. The van der Waals surface area contributed by atoms with Crippen molar-refractivity contribution in [3.63, 3.8) is 0 Å². The van der Waals surface area contributed by atoms with E-state index in [0.29, 0.717) is 40.8 Å². The van der Waals surface area contributed by atoms with E-state index in [4.69, 9.17) is 20.9 Å². The van der Waals surface area contributed by atoms with Crippen molar-refractivity contribution < 1.29 is 48.5 Å². The summed E-state index contributed by atoms with van der Waals surface area (Å²) in [5.74, 6) is -6.50. The number of carbonyl (C=O) groups excluding carboxylic acids is 4. The maximum absolute atomic E-state index is 16.2. The summed E-state index contributed by atoms with van der Waals surface area (Å²) in [6.07, 6.45) is -2.24. The van der Waals surface area contributed by atoms with Crippen molar-refractivity contribution >= 4 is 41.5 Å². The minimum absolute atomic E-state index is 0.0499. The molecule has 0 aliphatic carbocycles. The fraction of sp³-hybridized carbons (Fsp3) is 0.455. The predicted molar refractivity (Wildman–Crippen MR) is 216 cm³/mol. The van der Waals surface area contributed by atoms with E-state index in [9.17, 15) is 29.4 Å². The Morgan fingerprint density at radius 3 is 1.38 bits per heavy atom. The second-order valence-electron chi connectivity index (χ2n) is 17.2. The molecule has 6 amide bonds. The highest BCUT2D eigenvalue weighted by Gasteiger charge is 2.71. The van der Waals surface area contributed by atoms with Gasteiger partial charge in [0.2, 0.25) is 11.8 Å². The number of primary amides is 2. The third-order valence-electron chi connectivity index (χ3n) is 14.4. The number of anilines is 1. The minimum atomic E-state index is -1.91. The molecule has 4 bridgehead atoms. The zero-order valence-electron chi connectivity index (χ0n) is 33.5. The lowest BCUT2D eigenvalue weighted by molar-refractivity contribution is -0.154. The SMILES string of the molecule is NC(=O)C1CCN2C(=O)C(NC(=O)O)(C3CCOC3)c3ccc(cc3)CC12N(c1ccccc1)[C@@]12Cc3ccc(cc3)[C@@](NC(=O)O)([C@H]3CCOC3)C(=O)N1CCC2C(N)=O. The standard InChI is InChI=1S/C44H49N7O10/c45-35(52)33-14-18-49-37(54)43(47-39(56)57,30-16-20-60-24-30)28-10-6-26(7-11-28)22-41(33,49)51(32-4-2-1-3-5-32)42-23-27-8-12-29(13-9-27)44(48-40(58)59,31-17-21-61-25-31)38(55)50(42)19-15-34(42)36(46)53/h1-13,30-31,33-34,47-48H,14-25H2,(H2,45,52)(H2,46,53)(H,56,57)(H,58,59)/t30-,31?,33?,34?,41+,42?,43+,44?/m0/s1. The van der Waals surface area contributed by atoms with Gasteiger partial charge in [-0.3, -0.25) is 19.2 Å². The van der Waals surface area contributed by atoms with E-state index in [0.717, 1.165) is 0 Å². The summed E-state index contributed by atoms with van der Waals surface area (Å²) in [6, 6.07) is 22.9. The summed E-state index contributed by atoms with van der Waals surface area (Å²) in [6.45, 7) is 0.563. The Balaban J connectivity index is 1.39. The van der Waals surface area contributed by atoms with Gasteiger partial charge in [-0.05, 0) is 60.1 Å². The first-order valence-electron chi connectivity index (χ1n) is 20.8. The number of nitrogens with one attached hydrogen (secondary N) is 2. The first-order valence-corrected chi connectivity index (χ1v) is 20.8. The molecule has 5 unspecified atom stereocenters. The normalized spacial score (nSPS) is 32.8. The molecular formula is C44H49N7O10. The number of carbonyl (C=O) groups is 6. The van der Waals surface area contributed by atoms with Gasteiger partial charge in [-0.25, -0.2) is 9.59 Å². The Kier molecular flexibility index (Phi) is 9.73. The first kappa shape index (κ1) is 40.2. The van der Waals surface area contributed by atoms with Gasteiger partial charge in [0.15, 0.2) is 11.1 Å². The maximum Gasteiger partial charge on any atom is 0.405 e. The van der Waals surface area contributed by atoms with Crippen molar-refractivity contribution in [2.75, 3.05) is 44.4 Å². The van der Waals surface area contributed by atoms with E-state index < -0.39 is 81.9 Å². The monoisotopic (exact) mass is 835 g/mol. The molecule has 4 fully saturated rings. The molecule has 0 radical (unpaired) electrons. The van der Waals surface area contributed by atoms with Crippen molar-refractivity contribution in [2.24, 2.45) is 35.1 Å². The van der Waals surface area contributed by atoms with Crippen LogP contribution in [0.1, 0.15) is 47.9 Å². The maximum atomic E-state index is 16.2. The van der Waals surface area contributed by atoms with Gasteiger partial charge in [-0.1, -0.05) is 66.7 Å².